The molecule has 1 nitrogen and oxygen atoms in total. The lowest BCUT2D eigenvalue weighted by Crippen LogP contribution is -2.24. The standard InChI is InChI=1S/C12H23N.2C2H6/c1-7-12(9-8-10(2)3)13(6)11(4)5;2*1-2/h7-11H,1-6H3;2*1-2H3/b9-8-,12-7+;;. The molecule has 0 bridgehead atoms. The van der Waals surface area contributed by atoms with Gasteiger partial charge in [0.1, 0.15) is 0 Å². The van der Waals surface area contributed by atoms with E-state index < -0.39 is 0 Å². The Morgan fingerprint density at radius 2 is 1.35 bits per heavy atom. The molecule has 0 aromatic rings. The van der Waals surface area contributed by atoms with Crippen LogP contribution in [0.2, 0.25) is 0 Å². The van der Waals surface area contributed by atoms with Crippen molar-refractivity contribution < 1.29 is 0 Å². The molecule has 0 aliphatic heterocycles. The number of nitrogens with zero attached hydrogens (tertiary/aromatic N) is 1. The number of hydrogen-bond acceptors (Lipinski definition) is 1. The van der Waals surface area contributed by atoms with Crippen molar-refractivity contribution >= 4 is 0 Å². The van der Waals surface area contributed by atoms with Crippen LogP contribution in [-0.4, -0.2) is 18.0 Å². The fourth-order valence-electron chi connectivity index (χ4n) is 1.01. The molecule has 0 amide bonds. The Kier molecular flexibility index (Phi) is 19.4. The van der Waals surface area contributed by atoms with E-state index in [1.807, 2.05) is 27.7 Å². The first-order valence-electron chi connectivity index (χ1n) is 7.06. The Morgan fingerprint density at radius 1 is 0.941 bits per heavy atom. The molecule has 0 heterocycles. The SMILES string of the molecule is C/C=C(\C=C/C(C)C)N(C)C(C)C.CC.CC. The van der Waals surface area contributed by atoms with E-state index in [2.05, 4.69) is 64.8 Å². The highest BCUT2D eigenvalue weighted by molar-refractivity contribution is 5.17. The zero-order valence-corrected chi connectivity index (χ0v) is 13.8. The highest BCUT2D eigenvalue weighted by Gasteiger charge is 2.03. The quantitative estimate of drug-likeness (QED) is 0.588. The van der Waals surface area contributed by atoms with E-state index >= 15 is 0 Å². The maximum atomic E-state index is 2.28. The minimum atomic E-state index is 0.558. The van der Waals surface area contributed by atoms with Gasteiger partial charge in [-0.3, -0.25) is 0 Å². The molecule has 0 unspecified atom stereocenters. The predicted octanol–water partition coefficient (Wildman–Crippen LogP) is 5.50. The summed E-state index contributed by atoms with van der Waals surface area (Å²) in [4.78, 5) is 2.28. The summed E-state index contributed by atoms with van der Waals surface area (Å²) in [6.07, 6.45) is 6.58. The summed E-state index contributed by atoms with van der Waals surface area (Å²) in [6.45, 7) is 18.9. The molecule has 0 saturated heterocycles. The number of rotatable bonds is 4. The molecule has 0 aliphatic rings. The van der Waals surface area contributed by atoms with Crippen LogP contribution in [0, 0.1) is 5.92 Å². The average Bonchev–Trinajstić information content (AvgIpc) is 2.34. The smallest absolute Gasteiger partial charge is 0.0319 e. The molecule has 0 spiro atoms. The van der Waals surface area contributed by atoms with Gasteiger partial charge >= 0.3 is 0 Å². The highest BCUT2D eigenvalue weighted by Crippen LogP contribution is 2.09. The summed E-state index contributed by atoms with van der Waals surface area (Å²) < 4.78 is 0. The van der Waals surface area contributed by atoms with Crippen molar-refractivity contribution in [1.82, 2.24) is 4.90 Å². The molecule has 0 atom stereocenters. The first-order chi connectivity index (χ1) is 7.99. The van der Waals surface area contributed by atoms with E-state index in [9.17, 15) is 0 Å². The van der Waals surface area contributed by atoms with E-state index in [0.29, 0.717) is 12.0 Å². The summed E-state index contributed by atoms with van der Waals surface area (Å²) >= 11 is 0. The van der Waals surface area contributed by atoms with Crippen LogP contribution in [0.25, 0.3) is 0 Å². The Balaban J connectivity index is -0.000000439. The van der Waals surface area contributed by atoms with Crippen LogP contribution >= 0.6 is 0 Å². The van der Waals surface area contributed by atoms with E-state index in [0.717, 1.165) is 0 Å². The molecule has 0 fully saturated rings. The fourth-order valence-corrected chi connectivity index (χ4v) is 1.01. The number of hydrogen-bond donors (Lipinski definition) is 0. The topological polar surface area (TPSA) is 3.24 Å². The van der Waals surface area contributed by atoms with Crippen molar-refractivity contribution in [2.45, 2.75) is 68.4 Å². The minimum Gasteiger partial charge on any atom is -0.372 e. The lowest BCUT2D eigenvalue weighted by Gasteiger charge is -2.24. The molecule has 0 rings (SSSR count). The molecular formula is C16H35N. The van der Waals surface area contributed by atoms with Crippen molar-refractivity contribution in [3.63, 3.8) is 0 Å². The second-order valence-electron chi connectivity index (χ2n) is 4.02. The second kappa shape index (κ2) is 15.3. The lowest BCUT2D eigenvalue weighted by molar-refractivity contribution is 0.354. The summed E-state index contributed by atoms with van der Waals surface area (Å²) in [6, 6.07) is 0.558. The van der Waals surface area contributed by atoms with Gasteiger partial charge in [0.25, 0.3) is 0 Å². The van der Waals surface area contributed by atoms with Crippen LogP contribution in [0.15, 0.2) is 23.9 Å². The molecule has 0 aromatic carbocycles. The summed E-state index contributed by atoms with van der Waals surface area (Å²) in [5.41, 5.74) is 1.30. The Morgan fingerprint density at radius 3 is 1.59 bits per heavy atom. The van der Waals surface area contributed by atoms with Gasteiger partial charge < -0.3 is 4.90 Å². The lowest BCUT2D eigenvalue weighted by atomic mass is 10.2. The van der Waals surface area contributed by atoms with Gasteiger partial charge in [0.2, 0.25) is 0 Å². The molecule has 0 radical (unpaired) electrons. The number of likely N-dealkylation sites (N-methyl/N-ethyl adjacent to an activating group) is 1. The van der Waals surface area contributed by atoms with Crippen LogP contribution in [0.1, 0.15) is 62.3 Å². The van der Waals surface area contributed by atoms with Gasteiger partial charge in [0.05, 0.1) is 0 Å². The molecule has 104 valence electrons. The van der Waals surface area contributed by atoms with Gasteiger partial charge in [-0.25, -0.2) is 0 Å². The van der Waals surface area contributed by atoms with Crippen LogP contribution in [0.3, 0.4) is 0 Å². The Hall–Kier alpha value is -0.720. The Labute approximate surface area is 111 Å². The van der Waals surface area contributed by atoms with Crippen molar-refractivity contribution in [2.24, 2.45) is 5.92 Å². The first-order valence-corrected chi connectivity index (χ1v) is 7.06. The highest BCUT2D eigenvalue weighted by atomic mass is 15.1. The van der Waals surface area contributed by atoms with Crippen molar-refractivity contribution in [1.29, 1.82) is 0 Å². The van der Waals surface area contributed by atoms with Crippen LogP contribution in [0.4, 0.5) is 0 Å². The normalized spacial score (nSPS) is 10.9. The third-order valence-corrected chi connectivity index (χ3v) is 2.13. The maximum absolute atomic E-state index is 2.28. The van der Waals surface area contributed by atoms with Gasteiger partial charge in [0.15, 0.2) is 0 Å². The molecule has 0 N–H and O–H groups in total. The summed E-state index contributed by atoms with van der Waals surface area (Å²) in [5.74, 6) is 0.621. The monoisotopic (exact) mass is 241 g/mol. The van der Waals surface area contributed by atoms with Gasteiger partial charge in [-0.2, -0.15) is 0 Å². The largest absolute Gasteiger partial charge is 0.372 e. The third kappa shape index (κ3) is 13.2. The Bertz CT molecular complexity index is 188. The van der Waals surface area contributed by atoms with Gasteiger partial charge in [0, 0.05) is 18.8 Å². The molecule has 0 aromatic heterocycles. The zero-order valence-electron chi connectivity index (χ0n) is 13.8. The van der Waals surface area contributed by atoms with Crippen molar-refractivity contribution in [2.75, 3.05) is 7.05 Å². The van der Waals surface area contributed by atoms with E-state index in [-0.39, 0.29) is 0 Å². The van der Waals surface area contributed by atoms with Crippen LogP contribution in [-0.2, 0) is 0 Å². The average molecular weight is 241 g/mol. The zero-order chi connectivity index (χ0) is 14.4. The van der Waals surface area contributed by atoms with E-state index in [4.69, 9.17) is 0 Å². The minimum absolute atomic E-state index is 0.558. The van der Waals surface area contributed by atoms with E-state index in [1.54, 1.807) is 0 Å². The van der Waals surface area contributed by atoms with Gasteiger partial charge in [-0.05, 0) is 32.8 Å². The van der Waals surface area contributed by atoms with Crippen LogP contribution < -0.4 is 0 Å². The number of allylic oxidation sites excluding steroid dienone is 3. The maximum Gasteiger partial charge on any atom is 0.0319 e. The summed E-state index contributed by atoms with van der Waals surface area (Å²) in [5, 5.41) is 0. The molecule has 1 heteroatoms. The van der Waals surface area contributed by atoms with E-state index in [1.165, 1.54) is 5.70 Å². The fraction of sp³-hybridized carbons (Fsp3) is 0.750. The third-order valence-electron chi connectivity index (χ3n) is 2.13. The summed E-state index contributed by atoms with van der Waals surface area (Å²) in [7, 11) is 2.13. The van der Waals surface area contributed by atoms with Gasteiger partial charge in [-0.15, -0.1) is 0 Å². The predicted molar refractivity (Wildman–Crippen MR) is 83.3 cm³/mol. The van der Waals surface area contributed by atoms with Crippen molar-refractivity contribution in [3.05, 3.63) is 23.9 Å². The first kappa shape index (κ1) is 21.6. The molecular weight excluding hydrogens is 206 g/mol. The second-order valence-corrected chi connectivity index (χ2v) is 4.02. The van der Waals surface area contributed by atoms with Gasteiger partial charge in [-0.1, -0.05) is 53.7 Å². The van der Waals surface area contributed by atoms with Crippen molar-refractivity contribution in [3.8, 4) is 0 Å². The molecule has 0 aliphatic carbocycles. The molecule has 17 heavy (non-hydrogen) atoms. The van der Waals surface area contributed by atoms with Crippen LogP contribution in [0.5, 0.6) is 0 Å². The molecule has 0 saturated carbocycles.